The van der Waals surface area contributed by atoms with Crippen molar-refractivity contribution in [3.05, 3.63) is 51.3 Å². The van der Waals surface area contributed by atoms with Crippen molar-refractivity contribution in [3.63, 3.8) is 0 Å². The van der Waals surface area contributed by atoms with Gasteiger partial charge in [-0.15, -0.1) is 0 Å². The number of nitrogens with zero attached hydrogens (tertiary/aromatic N) is 2. The van der Waals surface area contributed by atoms with Crippen LogP contribution in [0.15, 0.2) is 29.1 Å². The van der Waals surface area contributed by atoms with Gasteiger partial charge in [0.15, 0.2) is 17.6 Å². The molecule has 1 aromatic heterocycles. The van der Waals surface area contributed by atoms with Crippen molar-refractivity contribution in [3.8, 4) is 23.4 Å². The Morgan fingerprint density at radius 1 is 1.37 bits per heavy atom. The van der Waals surface area contributed by atoms with Crippen molar-refractivity contribution in [1.29, 1.82) is 5.26 Å². The van der Waals surface area contributed by atoms with Crippen molar-refractivity contribution < 1.29 is 24.1 Å². The molecule has 1 N–H and O–H groups in total. The van der Waals surface area contributed by atoms with Crippen LogP contribution in [0.25, 0.3) is 0 Å². The van der Waals surface area contributed by atoms with Crippen LogP contribution in [0.2, 0.25) is 0 Å². The molecule has 1 aromatic carbocycles. The van der Waals surface area contributed by atoms with E-state index in [9.17, 15) is 20.0 Å². The lowest BCUT2D eigenvalue weighted by Crippen LogP contribution is -2.38. The highest BCUT2D eigenvalue weighted by molar-refractivity contribution is 6.03. The molecular formula is C22H24N2O6. The lowest BCUT2D eigenvalue weighted by molar-refractivity contribution is 0.0580. The molecule has 30 heavy (non-hydrogen) atoms. The van der Waals surface area contributed by atoms with E-state index in [1.807, 2.05) is 19.9 Å². The largest absolute Gasteiger partial charge is 0.494 e. The number of carbonyl (C=O) groups excluding carboxylic acids is 1. The maximum atomic E-state index is 13.2. The van der Waals surface area contributed by atoms with Crippen LogP contribution in [0.5, 0.6) is 17.4 Å². The summed E-state index contributed by atoms with van der Waals surface area (Å²) in [6, 6.07) is 8.81. The second-order valence-corrected chi connectivity index (χ2v) is 7.27. The van der Waals surface area contributed by atoms with Crippen molar-refractivity contribution in [2.45, 2.75) is 45.9 Å². The van der Waals surface area contributed by atoms with Gasteiger partial charge in [-0.05, 0) is 44.9 Å². The minimum absolute atomic E-state index is 0.0338. The standard InChI is InChI=1S/C22H24N2O6/c1-13(2)28-10-6-9-24-21(26)15(11-23)14(3)19(22(24)27)20(25)18-12-29-16-7-4-5-8-17(16)30-18/h4-5,7-8,13,18,27H,6,9-10,12H2,1-3H3. The number of carbonyl (C=O) groups is 1. The summed E-state index contributed by atoms with van der Waals surface area (Å²) in [6.07, 6.45) is -0.540. The number of benzene rings is 1. The fraction of sp³-hybridized carbons (Fsp3) is 0.409. The normalized spacial score (nSPS) is 15.1. The predicted octanol–water partition coefficient (Wildman–Crippen LogP) is 2.57. The van der Waals surface area contributed by atoms with Crippen molar-refractivity contribution in [2.75, 3.05) is 13.2 Å². The topological polar surface area (TPSA) is 111 Å². The first kappa shape index (κ1) is 21.4. The molecule has 1 atom stereocenters. The first-order valence-electron chi connectivity index (χ1n) is 9.75. The molecule has 2 heterocycles. The summed E-state index contributed by atoms with van der Waals surface area (Å²) in [5.41, 5.74) is -0.802. The summed E-state index contributed by atoms with van der Waals surface area (Å²) >= 11 is 0. The predicted molar refractivity (Wildman–Crippen MR) is 108 cm³/mol. The molecule has 0 aliphatic carbocycles. The highest BCUT2D eigenvalue weighted by atomic mass is 16.6. The van der Waals surface area contributed by atoms with Crippen LogP contribution in [0.3, 0.4) is 0 Å². The second kappa shape index (κ2) is 9.01. The lowest BCUT2D eigenvalue weighted by atomic mass is 9.98. The molecule has 158 valence electrons. The number of nitriles is 1. The van der Waals surface area contributed by atoms with E-state index in [0.29, 0.717) is 24.5 Å². The van der Waals surface area contributed by atoms with Gasteiger partial charge in [0.05, 0.1) is 11.7 Å². The summed E-state index contributed by atoms with van der Waals surface area (Å²) in [6.45, 7) is 5.69. The first-order valence-corrected chi connectivity index (χ1v) is 9.75. The Bertz CT molecular complexity index is 1050. The van der Waals surface area contributed by atoms with Gasteiger partial charge in [-0.3, -0.25) is 14.2 Å². The molecule has 8 nitrogen and oxygen atoms in total. The van der Waals surface area contributed by atoms with Crippen LogP contribution in [-0.2, 0) is 11.3 Å². The minimum Gasteiger partial charge on any atom is -0.494 e. The third kappa shape index (κ3) is 4.16. The summed E-state index contributed by atoms with van der Waals surface area (Å²) < 4.78 is 17.8. The van der Waals surface area contributed by atoms with Gasteiger partial charge in [-0.25, -0.2) is 0 Å². The molecule has 0 bridgehead atoms. The van der Waals surface area contributed by atoms with Crippen LogP contribution in [0.4, 0.5) is 0 Å². The van der Waals surface area contributed by atoms with E-state index in [4.69, 9.17) is 14.2 Å². The molecule has 0 saturated carbocycles. The molecule has 3 rings (SSSR count). The highest BCUT2D eigenvalue weighted by Gasteiger charge is 2.33. The quantitative estimate of drug-likeness (QED) is 0.550. The molecule has 8 heteroatoms. The van der Waals surface area contributed by atoms with Crippen molar-refractivity contribution in [2.24, 2.45) is 0 Å². The van der Waals surface area contributed by atoms with Gasteiger partial charge in [0.1, 0.15) is 18.2 Å². The fourth-order valence-electron chi connectivity index (χ4n) is 3.30. The highest BCUT2D eigenvalue weighted by Crippen LogP contribution is 2.33. The van der Waals surface area contributed by atoms with Crippen LogP contribution in [0, 0.1) is 18.3 Å². The van der Waals surface area contributed by atoms with Gasteiger partial charge in [0.25, 0.3) is 5.56 Å². The summed E-state index contributed by atoms with van der Waals surface area (Å²) in [5, 5.41) is 20.2. The smallest absolute Gasteiger partial charge is 0.271 e. The molecule has 0 amide bonds. The Labute approximate surface area is 174 Å². The van der Waals surface area contributed by atoms with Crippen LogP contribution in [0.1, 0.15) is 41.8 Å². The van der Waals surface area contributed by atoms with Gasteiger partial charge in [0, 0.05) is 13.2 Å². The Kier molecular flexibility index (Phi) is 6.43. The monoisotopic (exact) mass is 412 g/mol. The number of Topliss-reactive ketones (excluding diaryl/α,β-unsaturated/α-hetero) is 1. The zero-order chi connectivity index (χ0) is 21.8. The van der Waals surface area contributed by atoms with Gasteiger partial charge in [-0.1, -0.05) is 12.1 Å². The molecule has 1 unspecified atom stereocenters. The lowest BCUT2D eigenvalue weighted by Gasteiger charge is -2.26. The zero-order valence-corrected chi connectivity index (χ0v) is 17.2. The molecule has 1 aliphatic heterocycles. The summed E-state index contributed by atoms with van der Waals surface area (Å²) in [4.78, 5) is 25.8. The maximum Gasteiger partial charge on any atom is 0.271 e. The number of aromatic hydroxyl groups is 1. The molecule has 2 aromatic rings. The van der Waals surface area contributed by atoms with Crippen LogP contribution < -0.4 is 15.0 Å². The average Bonchev–Trinajstić information content (AvgIpc) is 2.72. The Morgan fingerprint density at radius 3 is 2.73 bits per heavy atom. The van der Waals surface area contributed by atoms with E-state index < -0.39 is 23.3 Å². The van der Waals surface area contributed by atoms with Crippen molar-refractivity contribution in [1.82, 2.24) is 4.57 Å². The molecule has 1 aliphatic rings. The van der Waals surface area contributed by atoms with Crippen molar-refractivity contribution >= 4 is 5.78 Å². The van der Waals surface area contributed by atoms with Crippen LogP contribution >= 0.6 is 0 Å². The Morgan fingerprint density at radius 2 is 2.07 bits per heavy atom. The minimum atomic E-state index is -1.01. The maximum absolute atomic E-state index is 13.2. The molecule has 0 fully saturated rings. The third-order valence-electron chi connectivity index (χ3n) is 4.82. The SMILES string of the molecule is Cc1c(C(=O)C2COc3ccccc3O2)c(O)n(CCCOC(C)C)c(=O)c1C#N. The number of fused-ring (bicyclic) bond motifs is 1. The van der Waals surface area contributed by atoms with E-state index in [1.165, 1.54) is 6.92 Å². The summed E-state index contributed by atoms with van der Waals surface area (Å²) in [5.74, 6) is -0.0917. The number of ketones is 1. The molecule has 0 saturated heterocycles. The summed E-state index contributed by atoms with van der Waals surface area (Å²) in [7, 11) is 0. The molecule has 0 radical (unpaired) electrons. The average molecular weight is 412 g/mol. The van der Waals surface area contributed by atoms with Crippen LogP contribution in [-0.4, -0.2) is 40.9 Å². The Hall–Kier alpha value is -3.31. The number of rotatable bonds is 7. The first-order chi connectivity index (χ1) is 14.3. The molecular weight excluding hydrogens is 388 g/mol. The van der Waals surface area contributed by atoms with E-state index in [2.05, 4.69) is 0 Å². The van der Waals surface area contributed by atoms with Gasteiger partial charge in [0.2, 0.25) is 11.7 Å². The zero-order valence-electron chi connectivity index (χ0n) is 17.2. The fourth-order valence-corrected chi connectivity index (χ4v) is 3.30. The number of hydrogen-bond donors (Lipinski definition) is 1. The van der Waals surface area contributed by atoms with Gasteiger partial charge < -0.3 is 19.3 Å². The van der Waals surface area contributed by atoms with E-state index in [0.717, 1.165) is 4.57 Å². The Balaban J connectivity index is 1.94. The van der Waals surface area contributed by atoms with Gasteiger partial charge >= 0.3 is 0 Å². The number of aromatic nitrogens is 1. The molecule has 0 spiro atoms. The van der Waals surface area contributed by atoms with E-state index >= 15 is 0 Å². The number of ether oxygens (including phenoxy) is 3. The number of hydrogen-bond acceptors (Lipinski definition) is 7. The number of para-hydroxylation sites is 2. The number of pyridine rings is 1. The van der Waals surface area contributed by atoms with E-state index in [1.54, 1.807) is 24.3 Å². The van der Waals surface area contributed by atoms with E-state index in [-0.39, 0.29) is 35.9 Å². The second-order valence-electron chi connectivity index (χ2n) is 7.27. The van der Waals surface area contributed by atoms with Gasteiger partial charge in [-0.2, -0.15) is 5.26 Å². The third-order valence-corrected chi connectivity index (χ3v) is 4.82.